The lowest BCUT2D eigenvalue weighted by molar-refractivity contribution is -0.117. The number of aromatic nitrogens is 2. The Balaban J connectivity index is 1.48. The van der Waals surface area contributed by atoms with Gasteiger partial charge in [-0.1, -0.05) is 15.9 Å². The Labute approximate surface area is 161 Å². The van der Waals surface area contributed by atoms with Crippen molar-refractivity contribution in [2.75, 3.05) is 49.5 Å². The Kier molecular flexibility index (Phi) is 6.40. The van der Waals surface area contributed by atoms with Gasteiger partial charge in [0.25, 0.3) is 0 Å². The molecule has 8 heteroatoms. The number of anilines is 2. The molecular formula is C18H22BrN5O2. The predicted molar refractivity (Wildman–Crippen MR) is 105 cm³/mol. The van der Waals surface area contributed by atoms with Gasteiger partial charge < -0.3 is 15.0 Å². The first-order chi connectivity index (χ1) is 12.6. The minimum atomic E-state index is 0.00133. The maximum Gasteiger partial charge on any atom is 0.238 e. The van der Waals surface area contributed by atoms with E-state index in [1.807, 2.05) is 37.3 Å². The highest BCUT2D eigenvalue weighted by molar-refractivity contribution is 9.10. The number of carbonyl (C=O) groups excluding carboxylic acids is 1. The second-order valence-electron chi connectivity index (χ2n) is 5.97. The molecule has 0 spiro atoms. The lowest BCUT2D eigenvalue weighted by Gasteiger charge is -2.34. The van der Waals surface area contributed by atoms with Crippen molar-refractivity contribution in [3.8, 4) is 5.88 Å². The minimum absolute atomic E-state index is 0.00133. The molecule has 1 amide bonds. The van der Waals surface area contributed by atoms with Crippen LogP contribution in [-0.4, -0.2) is 60.1 Å². The van der Waals surface area contributed by atoms with E-state index in [9.17, 15) is 4.79 Å². The fraction of sp³-hybridized carbons (Fsp3) is 0.389. The van der Waals surface area contributed by atoms with Gasteiger partial charge in [-0.05, 0) is 31.2 Å². The van der Waals surface area contributed by atoms with Crippen molar-refractivity contribution >= 4 is 33.3 Å². The molecule has 1 aromatic heterocycles. The van der Waals surface area contributed by atoms with Gasteiger partial charge in [-0.3, -0.25) is 9.69 Å². The molecule has 1 fully saturated rings. The van der Waals surface area contributed by atoms with Crippen LogP contribution < -0.4 is 15.0 Å². The molecule has 1 aliphatic heterocycles. The average Bonchev–Trinajstić information content (AvgIpc) is 2.65. The Morgan fingerprint density at radius 2 is 1.92 bits per heavy atom. The van der Waals surface area contributed by atoms with Crippen LogP contribution >= 0.6 is 15.9 Å². The summed E-state index contributed by atoms with van der Waals surface area (Å²) in [5, 5.41) is 2.93. The minimum Gasteiger partial charge on any atom is -0.478 e. The Bertz CT molecular complexity index is 733. The van der Waals surface area contributed by atoms with Crippen molar-refractivity contribution in [3.63, 3.8) is 0 Å². The number of amides is 1. The summed E-state index contributed by atoms with van der Waals surface area (Å²) in [6, 6.07) is 9.44. The molecule has 1 aliphatic rings. The van der Waals surface area contributed by atoms with Gasteiger partial charge in [0.05, 0.1) is 13.2 Å². The molecule has 0 unspecified atom stereocenters. The second kappa shape index (κ2) is 8.95. The number of nitrogens with one attached hydrogen (secondary N) is 1. The third kappa shape index (κ3) is 5.15. The smallest absolute Gasteiger partial charge is 0.238 e. The quantitative estimate of drug-likeness (QED) is 0.774. The number of halogens is 1. The van der Waals surface area contributed by atoms with Crippen molar-refractivity contribution < 1.29 is 9.53 Å². The predicted octanol–water partition coefficient (Wildman–Crippen LogP) is 2.40. The number of hydrogen-bond acceptors (Lipinski definition) is 6. The molecule has 1 saturated heterocycles. The van der Waals surface area contributed by atoms with Crippen LogP contribution in [0, 0.1) is 0 Å². The maximum atomic E-state index is 12.2. The summed E-state index contributed by atoms with van der Waals surface area (Å²) < 4.78 is 6.42. The number of benzene rings is 1. The number of piperazine rings is 1. The van der Waals surface area contributed by atoms with Gasteiger partial charge in [0.1, 0.15) is 12.1 Å². The van der Waals surface area contributed by atoms with E-state index in [0.717, 1.165) is 42.2 Å². The van der Waals surface area contributed by atoms with E-state index in [2.05, 4.69) is 41.0 Å². The summed E-state index contributed by atoms with van der Waals surface area (Å²) in [5.41, 5.74) is 0.807. The molecule has 138 valence electrons. The van der Waals surface area contributed by atoms with E-state index < -0.39 is 0 Å². The Hall–Kier alpha value is -2.19. The van der Waals surface area contributed by atoms with Crippen LogP contribution in [0.1, 0.15) is 6.92 Å². The van der Waals surface area contributed by atoms with Gasteiger partial charge in [-0.2, -0.15) is 0 Å². The zero-order valence-corrected chi connectivity index (χ0v) is 16.3. The molecule has 0 aliphatic carbocycles. The molecule has 26 heavy (non-hydrogen) atoms. The SMILES string of the molecule is CCOc1cc(N2CCN(CC(=O)Nc3ccc(Br)cc3)CC2)ncn1. The molecule has 0 saturated carbocycles. The van der Waals surface area contributed by atoms with Crippen LogP contribution in [0.5, 0.6) is 5.88 Å². The molecule has 2 aromatic rings. The van der Waals surface area contributed by atoms with E-state index in [1.54, 1.807) is 0 Å². The third-order valence-corrected chi connectivity index (χ3v) is 4.64. The summed E-state index contributed by atoms with van der Waals surface area (Å²) in [5.74, 6) is 1.46. The highest BCUT2D eigenvalue weighted by Crippen LogP contribution is 2.18. The van der Waals surface area contributed by atoms with Crippen molar-refractivity contribution in [3.05, 3.63) is 41.1 Å². The topological polar surface area (TPSA) is 70.6 Å². The first-order valence-corrected chi connectivity index (χ1v) is 9.41. The van der Waals surface area contributed by atoms with Gasteiger partial charge in [-0.25, -0.2) is 9.97 Å². The molecule has 7 nitrogen and oxygen atoms in total. The van der Waals surface area contributed by atoms with Crippen molar-refractivity contribution in [2.24, 2.45) is 0 Å². The molecule has 3 rings (SSSR count). The molecule has 1 N–H and O–H groups in total. The molecule has 0 radical (unpaired) electrons. The molecule has 0 bridgehead atoms. The molecule has 1 aromatic carbocycles. The number of hydrogen-bond donors (Lipinski definition) is 1. The van der Waals surface area contributed by atoms with Gasteiger partial charge in [0, 0.05) is 42.4 Å². The number of nitrogens with zero attached hydrogens (tertiary/aromatic N) is 4. The highest BCUT2D eigenvalue weighted by atomic mass is 79.9. The average molecular weight is 420 g/mol. The van der Waals surface area contributed by atoms with E-state index >= 15 is 0 Å². The van der Waals surface area contributed by atoms with E-state index in [4.69, 9.17) is 4.74 Å². The van der Waals surface area contributed by atoms with Crippen LogP contribution in [0.3, 0.4) is 0 Å². The number of carbonyl (C=O) groups is 1. The summed E-state index contributed by atoms with van der Waals surface area (Å²) in [6.45, 7) is 6.14. The standard InChI is InChI=1S/C18H22BrN5O2/c1-2-26-18-11-16(20-13-21-18)24-9-7-23(8-10-24)12-17(25)22-15-5-3-14(19)4-6-15/h3-6,11,13H,2,7-10,12H2,1H3,(H,22,25). The summed E-state index contributed by atoms with van der Waals surface area (Å²) in [6.07, 6.45) is 1.53. The fourth-order valence-electron chi connectivity index (χ4n) is 2.80. The van der Waals surface area contributed by atoms with Crippen LogP contribution in [-0.2, 0) is 4.79 Å². The first-order valence-electron chi connectivity index (χ1n) is 8.61. The summed E-state index contributed by atoms with van der Waals surface area (Å²) in [4.78, 5) is 25.0. The Morgan fingerprint density at radius 1 is 1.19 bits per heavy atom. The van der Waals surface area contributed by atoms with E-state index in [-0.39, 0.29) is 5.91 Å². The van der Waals surface area contributed by atoms with Crippen LogP contribution in [0.2, 0.25) is 0 Å². The lowest BCUT2D eigenvalue weighted by Crippen LogP contribution is -2.48. The van der Waals surface area contributed by atoms with Crippen molar-refractivity contribution in [1.82, 2.24) is 14.9 Å². The van der Waals surface area contributed by atoms with Crippen LogP contribution in [0.4, 0.5) is 11.5 Å². The van der Waals surface area contributed by atoms with Crippen molar-refractivity contribution in [2.45, 2.75) is 6.92 Å². The normalized spacial score (nSPS) is 14.9. The van der Waals surface area contributed by atoms with Gasteiger partial charge in [0.2, 0.25) is 11.8 Å². The van der Waals surface area contributed by atoms with Crippen LogP contribution in [0.25, 0.3) is 0 Å². The number of ether oxygens (including phenoxy) is 1. The Morgan fingerprint density at radius 3 is 2.62 bits per heavy atom. The fourth-order valence-corrected chi connectivity index (χ4v) is 3.07. The largest absolute Gasteiger partial charge is 0.478 e. The summed E-state index contributed by atoms with van der Waals surface area (Å²) in [7, 11) is 0. The highest BCUT2D eigenvalue weighted by Gasteiger charge is 2.20. The summed E-state index contributed by atoms with van der Waals surface area (Å²) >= 11 is 3.39. The zero-order valence-electron chi connectivity index (χ0n) is 14.7. The van der Waals surface area contributed by atoms with Crippen molar-refractivity contribution in [1.29, 1.82) is 0 Å². The maximum absolute atomic E-state index is 12.2. The van der Waals surface area contributed by atoms with Gasteiger partial charge in [-0.15, -0.1) is 0 Å². The van der Waals surface area contributed by atoms with E-state index in [1.165, 1.54) is 6.33 Å². The lowest BCUT2D eigenvalue weighted by atomic mass is 10.3. The monoisotopic (exact) mass is 419 g/mol. The molecule has 2 heterocycles. The third-order valence-electron chi connectivity index (χ3n) is 4.11. The van der Waals surface area contributed by atoms with Crippen LogP contribution in [0.15, 0.2) is 41.1 Å². The van der Waals surface area contributed by atoms with E-state index in [0.29, 0.717) is 19.0 Å². The molecular weight excluding hydrogens is 398 g/mol. The zero-order chi connectivity index (χ0) is 18.4. The van der Waals surface area contributed by atoms with Gasteiger partial charge >= 0.3 is 0 Å². The molecule has 0 atom stereocenters. The second-order valence-corrected chi connectivity index (χ2v) is 6.88. The first kappa shape index (κ1) is 18.6. The van der Waals surface area contributed by atoms with Gasteiger partial charge in [0.15, 0.2) is 0 Å². The number of rotatable bonds is 6.